The highest BCUT2D eigenvalue weighted by Gasteiger charge is 2.24. The second-order valence-electron chi connectivity index (χ2n) is 7.88. The first-order valence-corrected chi connectivity index (χ1v) is 11.5. The molecule has 1 aromatic heterocycles. The maximum Gasteiger partial charge on any atom is 0.268 e. The molecular formula is C26H26N2O3S. The van der Waals surface area contributed by atoms with Crippen molar-refractivity contribution in [1.82, 2.24) is 10.6 Å². The number of amides is 2. The summed E-state index contributed by atoms with van der Waals surface area (Å²) in [6.45, 7) is 1.93. The van der Waals surface area contributed by atoms with Gasteiger partial charge in [0.1, 0.15) is 11.4 Å². The van der Waals surface area contributed by atoms with Crippen LogP contribution in [0.25, 0.3) is 6.08 Å². The van der Waals surface area contributed by atoms with Crippen molar-refractivity contribution < 1.29 is 14.3 Å². The molecule has 0 aliphatic heterocycles. The molecule has 0 fully saturated rings. The highest BCUT2D eigenvalue weighted by Crippen LogP contribution is 2.32. The first kappa shape index (κ1) is 21.8. The second kappa shape index (κ2) is 9.83. The van der Waals surface area contributed by atoms with Gasteiger partial charge in [-0.1, -0.05) is 29.8 Å². The Morgan fingerprint density at radius 2 is 2.00 bits per heavy atom. The van der Waals surface area contributed by atoms with Gasteiger partial charge in [-0.3, -0.25) is 9.59 Å². The molecule has 1 heterocycles. The number of rotatable bonds is 6. The zero-order valence-corrected chi connectivity index (χ0v) is 19.0. The van der Waals surface area contributed by atoms with Gasteiger partial charge in [-0.15, -0.1) is 11.3 Å². The summed E-state index contributed by atoms with van der Waals surface area (Å²) < 4.78 is 5.34. The van der Waals surface area contributed by atoms with E-state index in [9.17, 15) is 9.59 Å². The number of nitrogens with one attached hydrogen (secondary N) is 2. The van der Waals surface area contributed by atoms with Gasteiger partial charge in [0, 0.05) is 10.4 Å². The summed E-state index contributed by atoms with van der Waals surface area (Å²) in [5, 5.41) is 7.90. The lowest BCUT2D eigenvalue weighted by Crippen LogP contribution is -2.37. The molecule has 0 unspecified atom stereocenters. The summed E-state index contributed by atoms with van der Waals surface area (Å²) in [7, 11) is 1.66. The zero-order chi connectivity index (χ0) is 22.5. The van der Waals surface area contributed by atoms with Crippen molar-refractivity contribution >= 4 is 29.2 Å². The van der Waals surface area contributed by atoms with Gasteiger partial charge in [0.2, 0.25) is 0 Å². The average molecular weight is 447 g/mol. The van der Waals surface area contributed by atoms with E-state index in [4.69, 9.17) is 4.74 Å². The van der Waals surface area contributed by atoms with Crippen LogP contribution in [0, 0.1) is 6.92 Å². The molecule has 32 heavy (non-hydrogen) atoms. The molecule has 2 N–H and O–H groups in total. The number of carbonyl (C=O) groups excluding carboxylic acids is 2. The summed E-state index contributed by atoms with van der Waals surface area (Å²) in [5.74, 6) is 0.216. The van der Waals surface area contributed by atoms with Gasteiger partial charge in [-0.2, -0.15) is 0 Å². The Morgan fingerprint density at radius 1 is 1.12 bits per heavy atom. The smallest absolute Gasteiger partial charge is 0.268 e. The van der Waals surface area contributed by atoms with Gasteiger partial charge in [0.15, 0.2) is 0 Å². The largest absolute Gasteiger partial charge is 0.497 e. The number of methoxy groups -OCH3 is 1. The van der Waals surface area contributed by atoms with Crippen LogP contribution in [0.1, 0.15) is 50.8 Å². The lowest BCUT2D eigenvalue weighted by molar-refractivity contribution is -0.118. The Labute approximate surface area is 192 Å². The minimum absolute atomic E-state index is 0.111. The minimum atomic E-state index is -0.305. The number of thiophene rings is 1. The van der Waals surface area contributed by atoms with Crippen LogP contribution in [0.5, 0.6) is 5.75 Å². The Hall–Kier alpha value is -3.38. The topological polar surface area (TPSA) is 67.4 Å². The fourth-order valence-corrected chi connectivity index (χ4v) is 4.62. The standard InChI is InChI=1S/C26H26N2O3S/c1-17-6-3-8-19(14-17)25(29)28-24(16-21-9-5-13-32-21)26(30)27-23-10-4-7-18-15-20(31-2)11-12-22(18)23/h3,5-6,8-9,11-16,23H,4,7,10H2,1-2H3,(H,27,30)(H,28,29)/b24-16-/t23-/m1/s1. The van der Waals surface area contributed by atoms with Crippen LogP contribution in [0.2, 0.25) is 0 Å². The molecule has 5 nitrogen and oxygen atoms in total. The Morgan fingerprint density at radius 3 is 2.75 bits per heavy atom. The third-order valence-electron chi connectivity index (χ3n) is 5.57. The van der Waals surface area contributed by atoms with Gasteiger partial charge < -0.3 is 15.4 Å². The van der Waals surface area contributed by atoms with E-state index in [1.54, 1.807) is 25.3 Å². The minimum Gasteiger partial charge on any atom is -0.497 e. The van der Waals surface area contributed by atoms with Crippen molar-refractivity contribution in [2.24, 2.45) is 0 Å². The highest BCUT2D eigenvalue weighted by molar-refractivity contribution is 7.10. The number of ether oxygens (including phenoxy) is 1. The average Bonchev–Trinajstić information content (AvgIpc) is 3.31. The third-order valence-corrected chi connectivity index (χ3v) is 6.39. The molecule has 1 aliphatic rings. The fourth-order valence-electron chi connectivity index (χ4n) is 3.96. The molecule has 3 aromatic rings. The van der Waals surface area contributed by atoms with Crippen molar-refractivity contribution in [3.63, 3.8) is 0 Å². The normalized spacial score (nSPS) is 15.6. The molecule has 2 amide bonds. The fraction of sp³-hybridized carbons (Fsp3) is 0.231. The number of hydrogen-bond acceptors (Lipinski definition) is 4. The summed E-state index contributed by atoms with van der Waals surface area (Å²) in [5.41, 5.74) is 4.03. The molecule has 0 spiro atoms. The number of aryl methyl sites for hydroxylation is 2. The Kier molecular flexibility index (Phi) is 6.71. The third kappa shape index (κ3) is 5.08. The quantitative estimate of drug-likeness (QED) is 0.522. The Bertz CT molecular complexity index is 1150. The highest BCUT2D eigenvalue weighted by atomic mass is 32.1. The van der Waals surface area contributed by atoms with E-state index in [2.05, 4.69) is 10.6 Å². The van der Waals surface area contributed by atoms with E-state index in [1.807, 2.05) is 54.8 Å². The van der Waals surface area contributed by atoms with Crippen molar-refractivity contribution in [1.29, 1.82) is 0 Å². The van der Waals surface area contributed by atoms with Crippen molar-refractivity contribution in [3.8, 4) is 5.75 Å². The van der Waals surface area contributed by atoms with Crippen molar-refractivity contribution in [2.45, 2.75) is 32.2 Å². The van der Waals surface area contributed by atoms with E-state index >= 15 is 0 Å². The lowest BCUT2D eigenvalue weighted by Gasteiger charge is -2.27. The molecule has 1 aliphatic carbocycles. The number of carbonyl (C=O) groups is 2. The second-order valence-corrected chi connectivity index (χ2v) is 8.86. The van der Waals surface area contributed by atoms with Gasteiger partial charge in [-0.25, -0.2) is 0 Å². The molecule has 6 heteroatoms. The van der Waals surface area contributed by atoms with Crippen LogP contribution in [0.15, 0.2) is 65.7 Å². The summed E-state index contributed by atoms with van der Waals surface area (Å²) >= 11 is 1.51. The van der Waals surface area contributed by atoms with Crippen LogP contribution in [-0.2, 0) is 11.2 Å². The summed E-state index contributed by atoms with van der Waals surface area (Å²) in [6, 6.07) is 17.0. The van der Waals surface area contributed by atoms with Crippen LogP contribution in [-0.4, -0.2) is 18.9 Å². The van der Waals surface area contributed by atoms with Crippen LogP contribution >= 0.6 is 11.3 Å². The lowest BCUT2D eigenvalue weighted by atomic mass is 9.87. The van der Waals surface area contributed by atoms with Crippen molar-refractivity contribution in [2.75, 3.05) is 7.11 Å². The molecular weight excluding hydrogens is 420 g/mol. The predicted molar refractivity (Wildman–Crippen MR) is 128 cm³/mol. The first-order valence-electron chi connectivity index (χ1n) is 10.6. The SMILES string of the molecule is COc1ccc2c(c1)CCC[C@H]2NC(=O)/C(=C/c1cccs1)NC(=O)c1cccc(C)c1. The number of fused-ring (bicyclic) bond motifs is 1. The molecule has 4 rings (SSSR count). The Balaban J connectivity index is 1.57. The molecule has 1 atom stereocenters. The van der Waals surface area contributed by atoms with Crippen LogP contribution in [0.3, 0.4) is 0 Å². The molecule has 0 radical (unpaired) electrons. The predicted octanol–water partition coefficient (Wildman–Crippen LogP) is 5.03. The van der Waals surface area contributed by atoms with Crippen LogP contribution in [0.4, 0.5) is 0 Å². The molecule has 164 valence electrons. The zero-order valence-electron chi connectivity index (χ0n) is 18.2. The molecule has 2 aromatic carbocycles. The monoisotopic (exact) mass is 446 g/mol. The maximum absolute atomic E-state index is 13.3. The van der Waals surface area contributed by atoms with E-state index in [0.29, 0.717) is 5.56 Å². The number of benzene rings is 2. The molecule has 0 saturated carbocycles. The van der Waals surface area contributed by atoms with Gasteiger partial charge in [-0.05, 0) is 79.1 Å². The number of hydrogen-bond donors (Lipinski definition) is 2. The first-order chi connectivity index (χ1) is 15.5. The molecule has 0 bridgehead atoms. The van der Waals surface area contributed by atoms with E-state index in [-0.39, 0.29) is 23.6 Å². The van der Waals surface area contributed by atoms with E-state index in [1.165, 1.54) is 16.9 Å². The summed E-state index contributed by atoms with van der Waals surface area (Å²) in [6.07, 6.45) is 4.51. The van der Waals surface area contributed by atoms with Gasteiger partial charge in [0.25, 0.3) is 11.8 Å². The van der Waals surface area contributed by atoms with E-state index < -0.39 is 0 Å². The summed E-state index contributed by atoms with van der Waals surface area (Å²) in [4.78, 5) is 27.0. The van der Waals surface area contributed by atoms with E-state index in [0.717, 1.165) is 41.0 Å². The van der Waals surface area contributed by atoms with Crippen LogP contribution < -0.4 is 15.4 Å². The van der Waals surface area contributed by atoms with Gasteiger partial charge in [0.05, 0.1) is 13.2 Å². The molecule has 0 saturated heterocycles. The van der Waals surface area contributed by atoms with Crippen molar-refractivity contribution in [3.05, 3.63) is 92.8 Å². The van der Waals surface area contributed by atoms with Gasteiger partial charge >= 0.3 is 0 Å². The maximum atomic E-state index is 13.3.